The number of fused-ring (bicyclic) bond motifs is 1. The normalized spacial score (nSPS) is 25.3. The van der Waals surface area contributed by atoms with Crippen molar-refractivity contribution in [2.45, 2.75) is 44.3 Å². The van der Waals surface area contributed by atoms with E-state index in [-0.39, 0.29) is 24.1 Å². The summed E-state index contributed by atoms with van der Waals surface area (Å²) in [4.78, 5) is 40.5. The molecule has 0 spiro atoms. The Morgan fingerprint density at radius 1 is 1.15 bits per heavy atom. The smallest absolute Gasteiger partial charge is 0.410 e. The SMILES string of the molecule is COC(=O)c1ccc2c(c1)C(=O)N([C@@H]1CCCC[C@H]1N1CCOC1=O)C2. The summed E-state index contributed by atoms with van der Waals surface area (Å²) in [7, 11) is 1.32. The van der Waals surface area contributed by atoms with Gasteiger partial charge in [0.2, 0.25) is 0 Å². The first-order valence-electron chi connectivity index (χ1n) is 9.06. The highest BCUT2D eigenvalue weighted by Crippen LogP contribution is 2.34. The van der Waals surface area contributed by atoms with E-state index >= 15 is 0 Å². The molecule has 1 saturated carbocycles. The molecule has 26 heavy (non-hydrogen) atoms. The van der Waals surface area contributed by atoms with Gasteiger partial charge in [0.05, 0.1) is 31.3 Å². The fourth-order valence-electron chi connectivity index (χ4n) is 4.36. The van der Waals surface area contributed by atoms with Gasteiger partial charge in [-0.2, -0.15) is 0 Å². The Bertz CT molecular complexity index is 762. The molecule has 2 amide bonds. The van der Waals surface area contributed by atoms with Crippen molar-refractivity contribution in [2.24, 2.45) is 0 Å². The molecule has 0 radical (unpaired) electrons. The molecule has 2 aliphatic heterocycles. The number of nitrogens with zero attached hydrogens (tertiary/aromatic N) is 2. The molecule has 7 nitrogen and oxygen atoms in total. The van der Waals surface area contributed by atoms with E-state index in [1.807, 2.05) is 11.0 Å². The van der Waals surface area contributed by atoms with Crippen LogP contribution in [-0.4, -0.2) is 60.1 Å². The van der Waals surface area contributed by atoms with Crippen LogP contribution in [0.15, 0.2) is 18.2 Å². The fourth-order valence-corrected chi connectivity index (χ4v) is 4.36. The number of amides is 2. The van der Waals surface area contributed by atoms with Gasteiger partial charge < -0.3 is 14.4 Å². The Kier molecular flexibility index (Phi) is 4.30. The van der Waals surface area contributed by atoms with Crippen LogP contribution in [-0.2, 0) is 16.0 Å². The van der Waals surface area contributed by atoms with Crippen molar-refractivity contribution in [3.63, 3.8) is 0 Å². The second-order valence-corrected chi connectivity index (χ2v) is 7.02. The number of benzene rings is 1. The van der Waals surface area contributed by atoms with Crippen molar-refractivity contribution < 1.29 is 23.9 Å². The lowest BCUT2D eigenvalue weighted by molar-refractivity contribution is 0.0467. The van der Waals surface area contributed by atoms with Crippen LogP contribution < -0.4 is 0 Å². The molecule has 7 heteroatoms. The van der Waals surface area contributed by atoms with Crippen molar-refractivity contribution in [3.05, 3.63) is 34.9 Å². The number of esters is 1. The zero-order valence-corrected chi connectivity index (χ0v) is 14.8. The van der Waals surface area contributed by atoms with Crippen LogP contribution in [0, 0.1) is 0 Å². The van der Waals surface area contributed by atoms with Gasteiger partial charge in [-0.15, -0.1) is 0 Å². The summed E-state index contributed by atoms with van der Waals surface area (Å²) >= 11 is 0. The minimum atomic E-state index is -0.450. The summed E-state index contributed by atoms with van der Waals surface area (Å²) in [6.45, 7) is 1.51. The van der Waals surface area contributed by atoms with E-state index < -0.39 is 5.97 Å². The van der Waals surface area contributed by atoms with Gasteiger partial charge in [0.15, 0.2) is 0 Å². The van der Waals surface area contributed by atoms with E-state index in [1.165, 1.54) is 7.11 Å². The molecule has 1 aromatic carbocycles. The molecule has 2 heterocycles. The van der Waals surface area contributed by atoms with Gasteiger partial charge in [0.1, 0.15) is 6.61 Å². The number of rotatable bonds is 3. The third kappa shape index (κ3) is 2.71. The van der Waals surface area contributed by atoms with Gasteiger partial charge >= 0.3 is 12.1 Å². The van der Waals surface area contributed by atoms with E-state index in [2.05, 4.69) is 0 Å². The third-order valence-corrected chi connectivity index (χ3v) is 5.65. The Labute approximate surface area is 151 Å². The van der Waals surface area contributed by atoms with Crippen LogP contribution in [0.4, 0.5) is 4.79 Å². The highest BCUT2D eigenvalue weighted by Gasteiger charge is 2.43. The van der Waals surface area contributed by atoms with Gasteiger partial charge in [-0.3, -0.25) is 9.69 Å². The minimum absolute atomic E-state index is 0.00269. The maximum Gasteiger partial charge on any atom is 0.410 e. The predicted octanol–water partition coefficient (Wildman–Crippen LogP) is 2.19. The first kappa shape index (κ1) is 16.9. The van der Waals surface area contributed by atoms with E-state index in [1.54, 1.807) is 17.0 Å². The molecule has 0 bridgehead atoms. The lowest BCUT2D eigenvalue weighted by atomic mass is 9.88. The van der Waals surface area contributed by atoms with Crippen LogP contribution >= 0.6 is 0 Å². The highest BCUT2D eigenvalue weighted by molar-refractivity contribution is 6.01. The molecule has 0 aromatic heterocycles. The van der Waals surface area contributed by atoms with E-state index in [4.69, 9.17) is 9.47 Å². The number of cyclic esters (lactones) is 1. The van der Waals surface area contributed by atoms with Crippen LogP contribution in [0.1, 0.15) is 52.0 Å². The number of hydrogen-bond donors (Lipinski definition) is 0. The molecule has 1 saturated heterocycles. The van der Waals surface area contributed by atoms with E-state index in [0.29, 0.717) is 30.8 Å². The molecule has 138 valence electrons. The number of carbonyl (C=O) groups is 3. The maximum atomic E-state index is 13.0. The van der Waals surface area contributed by atoms with Crippen molar-refractivity contribution in [1.82, 2.24) is 9.80 Å². The number of carbonyl (C=O) groups excluding carboxylic acids is 3. The first-order valence-corrected chi connectivity index (χ1v) is 9.06. The molecule has 4 rings (SSSR count). The molecular formula is C19H22N2O5. The van der Waals surface area contributed by atoms with Crippen LogP contribution in [0.5, 0.6) is 0 Å². The van der Waals surface area contributed by atoms with Gasteiger partial charge in [0, 0.05) is 12.1 Å². The number of ether oxygens (including phenoxy) is 2. The second-order valence-electron chi connectivity index (χ2n) is 7.02. The van der Waals surface area contributed by atoms with Crippen molar-refractivity contribution in [1.29, 1.82) is 0 Å². The van der Waals surface area contributed by atoms with Gasteiger partial charge in [-0.25, -0.2) is 9.59 Å². The summed E-state index contributed by atoms with van der Waals surface area (Å²) in [5.41, 5.74) is 1.85. The lowest BCUT2D eigenvalue weighted by Crippen LogP contribution is -2.53. The predicted molar refractivity (Wildman–Crippen MR) is 91.8 cm³/mol. The fraction of sp³-hybridized carbons (Fsp3) is 0.526. The van der Waals surface area contributed by atoms with Gasteiger partial charge in [-0.1, -0.05) is 18.9 Å². The summed E-state index contributed by atoms with van der Waals surface area (Å²) in [5, 5.41) is 0. The standard InChI is InChI=1S/C19H22N2O5/c1-25-18(23)12-6-7-13-11-21(17(22)14(13)10-12)16-5-3-2-4-15(16)20-8-9-26-19(20)24/h6-7,10,15-16H,2-5,8-9,11H2,1H3/t15-,16-/m1/s1. The number of methoxy groups -OCH3 is 1. The molecule has 0 unspecified atom stereocenters. The average molecular weight is 358 g/mol. The largest absolute Gasteiger partial charge is 0.465 e. The molecule has 2 atom stereocenters. The maximum absolute atomic E-state index is 13.0. The third-order valence-electron chi connectivity index (χ3n) is 5.65. The lowest BCUT2D eigenvalue weighted by Gasteiger charge is -2.41. The van der Waals surface area contributed by atoms with Gasteiger partial charge in [0.25, 0.3) is 5.91 Å². The molecule has 2 fully saturated rings. The van der Waals surface area contributed by atoms with Crippen molar-refractivity contribution in [2.75, 3.05) is 20.3 Å². The minimum Gasteiger partial charge on any atom is -0.465 e. The van der Waals surface area contributed by atoms with E-state index in [9.17, 15) is 14.4 Å². The number of hydrogen-bond acceptors (Lipinski definition) is 5. The molecule has 3 aliphatic rings. The Hall–Kier alpha value is -2.57. The molecule has 1 aliphatic carbocycles. The average Bonchev–Trinajstić information content (AvgIpc) is 3.24. The monoisotopic (exact) mass is 358 g/mol. The van der Waals surface area contributed by atoms with Crippen LogP contribution in [0.25, 0.3) is 0 Å². The van der Waals surface area contributed by atoms with Crippen LogP contribution in [0.2, 0.25) is 0 Å². The van der Waals surface area contributed by atoms with Gasteiger partial charge in [-0.05, 0) is 30.5 Å². The zero-order valence-electron chi connectivity index (χ0n) is 14.8. The Balaban J connectivity index is 1.60. The topological polar surface area (TPSA) is 76.2 Å². The summed E-state index contributed by atoms with van der Waals surface area (Å²) in [5.74, 6) is -0.523. The molecule has 1 aromatic rings. The second kappa shape index (κ2) is 6.63. The zero-order chi connectivity index (χ0) is 18.3. The van der Waals surface area contributed by atoms with Crippen molar-refractivity contribution in [3.8, 4) is 0 Å². The summed E-state index contributed by atoms with van der Waals surface area (Å²) in [6, 6.07) is 5.11. The Morgan fingerprint density at radius 3 is 2.54 bits per heavy atom. The van der Waals surface area contributed by atoms with E-state index in [0.717, 1.165) is 31.2 Å². The van der Waals surface area contributed by atoms with Crippen molar-refractivity contribution >= 4 is 18.0 Å². The highest BCUT2D eigenvalue weighted by atomic mass is 16.6. The Morgan fingerprint density at radius 2 is 1.88 bits per heavy atom. The summed E-state index contributed by atoms with van der Waals surface area (Å²) < 4.78 is 9.85. The first-order chi connectivity index (χ1) is 12.6. The summed E-state index contributed by atoms with van der Waals surface area (Å²) in [6.07, 6.45) is 3.56. The molecular weight excluding hydrogens is 336 g/mol. The molecule has 0 N–H and O–H groups in total. The van der Waals surface area contributed by atoms with Crippen LogP contribution in [0.3, 0.4) is 0 Å². The quantitative estimate of drug-likeness (QED) is 0.774.